The summed E-state index contributed by atoms with van der Waals surface area (Å²) in [5.74, 6) is 1.37. The lowest BCUT2D eigenvalue weighted by Gasteiger charge is -2.13. The van der Waals surface area contributed by atoms with Gasteiger partial charge in [-0.25, -0.2) is 4.79 Å². The minimum Gasteiger partial charge on any atom is -0.491 e. The van der Waals surface area contributed by atoms with Gasteiger partial charge >= 0.3 is 6.03 Å². The molecule has 2 rings (SSSR count). The predicted octanol–water partition coefficient (Wildman–Crippen LogP) is 4.63. The molecule has 0 saturated carbocycles. The minimum atomic E-state index is -0.225. The van der Waals surface area contributed by atoms with Crippen LogP contribution in [0, 0.1) is 13.8 Å². The molecule has 2 aromatic carbocycles. The fraction of sp³-hybridized carbons (Fsp3) is 0.350. The van der Waals surface area contributed by atoms with Crippen LogP contribution in [0.3, 0.4) is 0 Å². The highest BCUT2D eigenvalue weighted by Gasteiger charge is 2.05. The Bertz CT molecular complexity index is 658. The first-order valence-electron chi connectivity index (χ1n) is 8.31. The van der Waals surface area contributed by atoms with Gasteiger partial charge in [-0.05, 0) is 48.6 Å². The largest absolute Gasteiger partial charge is 0.491 e. The fourth-order valence-corrected chi connectivity index (χ4v) is 2.47. The normalized spacial score (nSPS) is 10.5. The number of rotatable bonds is 6. The Morgan fingerprint density at radius 3 is 2.25 bits per heavy atom. The summed E-state index contributed by atoms with van der Waals surface area (Å²) in [6, 6.07) is 13.7. The third-order valence-electron chi connectivity index (χ3n) is 3.88. The molecule has 2 N–H and O–H groups in total. The Kier molecular flexibility index (Phi) is 6.24. The first-order valence-corrected chi connectivity index (χ1v) is 8.31. The van der Waals surface area contributed by atoms with Crippen molar-refractivity contribution in [1.29, 1.82) is 0 Å². The van der Waals surface area contributed by atoms with Crippen molar-refractivity contribution < 1.29 is 9.53 Å². The summed E-state index contributed by atoms with van der Waals surface area (Å²) in [6.07, 6.45) is 0. The molecule has 0 aromatic heterocycles. The summed E-state index contributed by atoms with van der Waals surface area (Å²) in [7, 11) is 0. The number of carbonyl (C=O) groups excluding carboxylic acids is 1. The second-order valence-electron chi connectivity index (χ2n) is 6.23. The number of benzene rings is 2. The third kappa shape index (κ3) is 5.01. The number of hydrogen-bond donors (Lipinski definition) is 2. The average molecular weight is 326 g/mol. The maximum Gasteiger partial charge on any atom is 0.319 e. The molecule has 2 amide bonds. The molecule has 128 valence electrons. The number of anilines is 1. The molecule has 2 aromatic rings. The van der Waals surface area contributed by atoms with Gasteiger partial charge in [-0.15, -0.1) is 0 Å². The monoisotopic (exact) mass is 326 g/mol. The van der Waals surface area contributed by atoms with E-state index in [1.54, 1.807) is 0 Å². The Hall–Kier alpha value is -2.49. The number of hydrogen-bond acceptors (Lipinski definition) is 2. The van der Waals surface area contributed by atoms with E-state index in [9.17, 15) is 4.79 Å². The minimum absolute atomic E-state index is 0.225. The zero-order valence-corrected chi connectivity index (χ0v) is 14.8. The molecular weight excluding hydrogens is 300 g/mol. The van der Waals surface area contributed by atoms with E-state index < -0.39 is 0 Å². The van der Waals surface area contributed by atoms with Gasteiger partial charge in [0.15, 0.2) is 0 Å². The van der Waals surface area contributed by atoms with Gasteiger partial charge < -0.3 is 15.4 Å². The number of para-hydroxylation sites is 1. The lowest BCUT2D eigenvalue weighted by molar-refractivity contribution is 0.247. The third-order valence-corrected chi connectivity index (χ3v) is 3.88. The summed E-state index contributed by atoms with van der Waals surface area (Å²) >= 11 is 0. The number of nitrogens with one attached hydrogen (secondary N) is 2. The molecule has 0 radical (unpaired) electrons. The molecule has 0 fully saturated rings. The summed E-state index contributed by atoms with van der Waals surface area (Å²) < 4.78 is 5.77. The first kappa shape index (κ1) is 17.9. The second kappa shape index (κ2) is 8.39. The highest BCUT2D eigenvalue weighted by Crippen LogP contribution is 2.22. The van der Waals surface area contributed by atoms with Gasteiger partial charge in [0.1, 0.15) is 12.4 Å². The van der Waals surface area contributed by atoms with Gasteiger partial charge in [0.25, 0.3) is 0 Å². The van der Waals surface area contributed by atoms with E-state index in [2.05, 4.69) is 24.5 Å². The van der Waals surface area contributed by atoms with Crippen LogP contribution in [0.1, 0.15) is 36.5 Å². The van der Waals surface area contributed by atoms with Gasteiger partial charge in [0.2, 0.25) is 0 Å². The van der Waals surface area contributed by atoms with E-state index in [4.69, 9.17) is 4.74 Å². The Labute approximate surface area is 144 Å². The molecule has 0 unspecified atom stereocenters. The molecule has 0 atom stereocenters. The van der Waals surface area contributed by atoms with Gasteiger partial charge in [0.05, 0.1) is 6.54 Å². The summed E-state index contributed by atoms with van der Waals surface area (Å²) in [6.45, 7) is 9.21. The number of amides is 2. The summed E-state index contributed by atoms with van der Waals surface area (Å²) in [5.41, 5.74) is 4.24. The molecule has 4 heteroatoms. The van der Waals surface area contributed by atoms with Crippen molar-refractivity contribution in [3.8, 4) is 5.75 Å². The van der Waals surface area contributed by atoms with Crippen LogP contribution in [0.2, 0.25) is 0 Å². The average Bonchev–Trinajstić information content (AvgIpc) is 2.54. The van der Waals surface area contributed by atoms with E-state index in [-0.39, 0.29) is 6.03 Å². The molecular formula is C20H26N2O2. The predicted molar refractivity (Wildman–Crippen MR) is 99.0 cm³/mol. The van der Waals surface area contributed by atoms with Crippen LogP contribution in [-0.4, -0.2) is 19.2 Å². The molecule has 24 heavy (non-hydrogen) atoms. The summed E-state index contributed by atoms with van der Waals surface area (Å²) in [4.78, 5) is 11.9. The van der Waals surface area contributed by atoms with E-state index >= 15 is 0 Å². The Morgan fingerprint density at radius 1 is 1.04 bits per heavy atom. The van der Waals surface area contributed by atoms with Gasteiger partial charge in [0, 0.05) is 5.69 Å². The van der Waals surface area contributed by atoms with Crippen LogP contribution in [-0.2, 0) is 0 Å². The van der Waals surface area contributed by atoms with Crippen molar-refractivity contribution in [3.05, 3.63) is 59.2 Å². The maximum absolute atomic E-state index is 11.9. The molecule has 4 nitrogen and oxygen atoms in total. The molecule has 0 aliphatic carbocycles. The highest BCUT2D eigenvalue weighted by atomic mass is 16.5. The Morgan fingerprint density at radius 2 is 1.67 bits per heavy atom. The van der Waals surface area contributed by atoms with Crippen molar-refractivity contribution in [2.24, 2.45) is 0 Å². The second-order valence-corrected chi connectivity index (χ2v) is 6.23. The van der Waals surface area contributed by atoms with Gasteiger partial charge in [-0.2, -0.15) is 0 Å². The zero-order valence-electron chi connectivity index (χ0n) is 14.8. The molecule has 0 aliphatic rings. The lowest BCUT2D eigenvalue weighted by atomic mass is 10.0. The number of ether oxygens (including phenoxy) is 1. The maximum atomic E-state index is 11.9. The van der Waals surface area contributed by atoms with Crippen LogP contribution in [0.5, 0.6) is 5.75 Å². The zero-order chi connectivity index (χ0) is 17.5. The van der Waals surface area contributed by atoms with Crippen LogP contribution < -0.4 is 15.4 Å². The van der Waals surface area contributed by atoms with Crippen LogP contribution in [0.15, 0.2) is 42.5 Å². The number of aryl methyl sites for hydroxylation is 2. The van der Waals surface area contributed by atoms with Crippen LogP contribution in [0.25, 0.3) is 0 Å². The van der Waals surface area contributed by atoms with Gasteiger partial charge in [-0.1, -0.05) is 44.2 Å². The van der Waals surface area contributed by atoms with Gasteiger partial charge in [-0.3, -0.25) is 0 Å². The van der Waals surface area contributed by atoms with E-state index in [1.807, 2.05) is 56.3 Å². The number of carbonyl (C=O) groups is 1. The Balaban J connectivity index is 1.75. The van der Waals surface area contributed by atoms with E-state index in [0.29, 0.717) is 19.1 Å². The summed E-state index contributed by atoms with van der Waals surface area (Å²) in [5, 5.41) is 5.63. The molecule has 0 heterocycles. The van der Waals surface area contributed by atoms with Crippen molar-refractivity contribution in [3.63, 3.8) is 0 Å². The van der Waals surface area contributed by atoms with Crippen molar-refractivity contribution in [1.82, 2.24) is 5.32 Å². The van der Waals surface area contributed by atoms with Crippen molar-refractivity contribution in [2.45, 2.75) is 33.6 Å². The SMILES string of the molecule is Cc1cccc(C)c1OCCNC(=O)Nc1ccc(C(C)C)cc1. The van der Waals surface area contributed by atoms with E-state index in [1.165, 1.54) is 5.56 Å². The quantitative estimate of drug-likeness (QED) is 0.761. The highest BCUT2D eigenvalue weighted by molar-refractivity contribution is 5.89. The van der Waals surface area contributed by atoms with Crippen molar-refractivity contribution in [2.75, 3.05) is 18.5 Å². The smallest absolute Gasteiger partial charge is 0.319 e. The topological polar surface area (TPSA) is 50.4 Å². The fourth-order valence-electron chi connectivity index (χ4n) is 2.47. The molecule has 0 saturated heterocycles. The molecule has 0 bridgehead atoms. The van der Waals surface area contributed by atoms with E-state index in [0.717, 1.165) is 22.6 Å². The van der Waals surface area contributed by atoms with Crippen LogP contribution >= 0.6 is 0 Å². The first-order chi connectivity index (χ1) is 11.5. The van der Waals surface area contributed by atoms with Crippen molar-refractivity contribution >= 4 is 11.7 Å². The standard InChI is InChI=1S/C20H26N2O2/c1-14(2)17-8-10-18(11-9-17)22-20(23)21-12-13-24-19-15(3)6-5-7-16(19)4/h5-11,14H,12-13H2,1-4H3,(H2,21,22,23). The van der Waals surface area contributed by atoms with Crippen LogP contribution in [0.4, 0.5) is 10.5 Å². The lowest BCUT2D eigenvalue weighted by Crippen LogP contribution is -2.32. The molecule has 0 aliphatic heterocycles. The number of urea groups is 1. The molecule has 0 spiro atoms.